The number of benzene rings is 1. The molecular weight excluding hydrogens is 311 g/mol. The minimum absolute atomic E-state index is 0. The molecule has 21 heavy (non-hydrogen) atoms. The largest absolute Gasteiger partial charge is 0.350 e. The summed E-state index contributed by atoms with van der Waals surface area (Å²) in [7, 11) is 1.84. The number of hydrogen-bond acceptors (Lipinski definition) is 3. The SMILES string of the molecule is CNCCNC(=O)c1cc(C)c(-c2ccc(F)cc2)s1.Cl. The van der Waals surface area contributed by atoms with Gasteiger partial charge in [0.05, 0.1) is 4.88 Å². The van der Waals surface area contributed by atoms with E-state index in [9.17, 15) is 9.18 Å². The molecule has 2 N–H and O–H groups in total. The Labute approximate surface area is 134 Å². The minimum atomic E-state index is -0.256. The van der Waals surface area contributed by atoms with Crippen molar-refractivity contribution in [3.8, 4) is 10.4 Å². The molecule has 0 saturated carbocycles. The van der Waals surface area contributed by atoms with Gasteiger partial charge < -0.3 is 10.6 Å². The third kappa shape index (κ3) is 4.52. The molecule has 1 amide bonds. The van der Waals surface area contributed by atoms with E-state index in [4.69, 9.17) is 0 Å². The molecule has 1 aromatic carbocycles. The highest BCUT2D eigenvalue weighted by Crippen LogP contribution is 2.32. The van der Waals surface area contributed by atoms with Crippen molar-refractivity contribution in [2.75, 3.05) is 20.1 Å². The van der Waals surface area contributed by atoms with Crippen molar-refractivity contribution < 1.29 is 9.18 Å². The molecule has 0 bridgehead atoms. The lowest BCUT2D eigenvalue weighted by atomic mass is 10.1. The lowest BCUT2D eigenvalue weighted by Crippen LogP contribution is -2.29. The number of thiophene rings is 1. The van der Waals surface area contributed by atoms with Gasteiger partial charge in [0.15, 0.2) is 0 Å². The number of halogens is 2. The molecule has 0 aliphatic heterocycles. The number of nitrogens with one attached hydrogen (secondary N) is 2. The zero-order chi connectivity index (χ0) is 14.5. The normalized spacial score (nSPS) is 10.0. The van der Waals surface area contributed by atoms with Gasteiger partial charge in [-0.05, 0) is 43.3 Å². The van der Waals surface area contributed by atoms with E-state index in [0.717, 1.165) is 22.5 Å². The first kappa shape index (κ1) is 17.6. The molecule has 0 unspecified atom stereocenters. The summed E-state index contributed by atoms with van der Waals surface area (Å²) in [5.74, 6) is -0.324. The van der Waals surface area contributed by atoms with E-state index >= 15 is 0 Å². The Morgan fingerprint density at radius 2 is 1.90 bits per heavy atom. The number of aryl methyl sites for hydroxylation is 1. The summed E-state index contributed by atoms with van der Waals surface area (Å²) in [6, 6.07) is 8.20. The standard InChI is InChI=1S/C15H17FN2OS.ClH/c1-10-9-13(15(19)18-8-7-17-2)20-14(10)11-3-5-12(16)6-4-11;/h3-6,9,17H,7-8H2,1-2H3,(H,18,19);1H. The van der Waals surface area contributed by atoms with Crippen LogP contribution in [-0.2, 0) is 0 Å². The average Bonchev–Trinajstić information content (AvgIpc) is 2.82. The zero-order valence-electron chi connectivity index (χ0n) is 11.9. The van der Waals surface area contributed by atoms with Gasteiger partial charge in [0.25, 0.3) is 5.91 Å². The monoisotopic (exact) mass is 328 g/mol. The van der Waals surface area contributed by atoms with Crippen molar-refractivity contribution in [2.24, 2.45) is 0 Å². The lowest BCUT2D eigenvalue weighted by Gasteiger charge is -2.02. The Balaban J connectivity index is 0.00000220. The van der Waals surface area contributed by atoms with Crippen molar-refractivity contribution >= 4 is 29.7 Å². The van der Waals surface area contributed by atoms with Gasteiger partial charge in [0.2, 0.25) is 0 Å². The first-order chi connectivity index (χ1) is 9.61. The zero-order valence-corrected chi connectivity index (χ0v) is 13.5. The van der Waals surface area contributed by atoms with Gasteiger partial charge in [0.1, 0.15) is 5.82 Å². The molecule has 0 spiro atoms. The molecule has 114 valence electrons. The van der Waals surface area contributed by atoms with Gasteiger partial charge in [-0.2, -0.15) is 0 Å². The van der Waals surface area contributed by atoms with Gasteiger partial charge in [-0.1, -0.05) is 12.1 Å². The molecule has 3 nitrogen and oxygen atoms in total. The Morgan fingerprint density at radius 3 is 2.52 bits per heavy atom. The van der Waals surface area contributed by atoms with Crippen molar-refractivity contribution in [1.29, 1.82) is 0 Å². The maximum absolute atomic E-state index is 12.9. The van der Waals surface area contributed by atoms with Gasteiger partial charge in [0, 0.05) is 18.0 Å². The summed E-state index contributed by atoms with van der Waals surface area (Å²) in [5.41, 5.74) is 1.96. The molecular formula is C15H18ClFN2OS. The number of likely N-dealkylation sites (N-methyl/N-ethyl adjacent to an activating group) is 1. The summed E-state index contributed by atoms with van der Waals surface area (Å²) in [6.45, 7) is 3.29. The summed E-state index contributed by atoms with van der Waals surface area (Å²) >= 11 is 1.43. The Kier molecular flexibility index (Phi) is 6.81. The Bertz CT molecular complexity index is 598. The van der Waals surface area contributed by atoms with Crippen LogP contribution in [-0.4, -0.2) is 26.0 Å². The van der Waals surface area contributed by atoms with E-state index in [0.29, 0.717) is 11.4 Å². The predicted molar refractivity (Wildman–Crippen MR) is 88.0 cm³/mol. The second-order valence-corrected chi connectivity index (χ2v) is 5.54. The number of amides is 1. The summed E-state index contributed by atoms with van der Waals surface area (Å²) in [4.78, 5) is 13.7. The van der Waals surface area contributed by atoms with Gasteiger partial charge in [-0.25, -0.2) is 4.39 Å². The molecule has 0 saturated heterocycles. The predicted octanol–water partition coefficient (Wildman–Crippen LogP) is 3.23. The fourth-order valence-electron chi connectivity index (χ4n) is 1.87. The van der Waals surface area contributed by atoms with Crippen molar-refractivity contribution in [2.45, 2.75) is 6.92 Å². The lowest BCUT2D eigenvalue weighted by molar-refractivity contribution is 0.0958. The Morgan fingerprint density at radius 1 is 1.24 bits per heavy atom. The highest BCUT2D eigenvalue weighted by Gasteiger charge is 2.13. The van der Waals surface area contributed by atoms with Crippen LogP contribution in [0.3, 0.4) is 0 Å². The quantitative estimate of drug-likeness (QED) is 0.827. The third-order valence-corrected chi connectivity index (χ3v) is 4.19. The summed E-state index contributed by atoms with van der Waals surface area (Å²) in [6.07, 6.45) is 0. The smallest absolute Gasteiger partial charge is 0.261 e. The maximum atomic E-state index is 12.9. The fourth-order valence-corrected chi connectivity index (χ4v) is 2.96. The number of hydrogen-bond donors (Lipinski definition) is 2. The van der Waals surface area contributed by atoms with Crippen molar-refractivity contribution in [1.82, 2.24) is 10.6 Å². The highest BCUT2D eigenvalue weighted by molar-refractivity contribution is 7.17. The molecule has 0 aliphatic carbocycles. The van der Waals surface area contributed by atoms with E-state index in [1.807, 2.05) is 20.0 Å². The van der Waals surface area contributed by atoms with E-state index < -0.39 is 0 Å². The van der Waals surface area contributed by atoms with E-state index in [1.54, 1.807) is 12.1 Å². The third-order valence-electron chi connectivity index (χ3n) is 2.91. The van der Waals surface area contributed by atoms with Crippen LogP contribution < -0.4 is 10.6 Å². The van der Waals surface area contributed by atoms with E-state index in [2.05, 4.69) is 10.6 Å². The van der Waals surface area contributed by atoms with Crippen LogP contribution in [0.15, 0.2) is 30.3 Å². The first-order valence-electron chi connectivity index (χ1n) is 6.41. The van der Waals surface area contributed by atoms with Crippen LogP contribution in [0, 0.1) is 12.7 Å². The summed E-state index contributed by atoms with van der Waals surface area (Å²) < 4.78 is 12.9. The number of rotatable bonds is 5. The van der Waals surface area contributed by atoms with Crippen molar-refractivity contribution in [3.05, 3.63) is 46.6 Å². The summed E-state index contributed by atoms with van der Waals surface area (Å²) in [5, 5.41) is 5.83. The van der Waals surface area contributed by atoms with Crippen LogP contribution in [0.2, 0.25) is 0 Å². The van der Waals surface area contributed by atoms with Gasteiger partial charge in [-0.3, -0.25) is 4.79 Å². The first-order valence-corrected chi connectivity index (χ1v) is 7.22. The molecule has 0 fully saturated rings. The van der Waals surface area contributed by atoms with Crippen LogP contribution in [0.25, 0.3) is 10.4 Å². The van der Waals surface area contributed by atoms with Crippen LogP contribution in [0.5, 0.6) is 0 Å². The molecule has 1 aromatic heterocycles. The topological polar surface area (TPSA) is 41.1 Å². The van der Waals surface area contributed by atoms with Crippen molar-refractivity contribution in [3.63, 3.8) is 0 Å². The number of carbonyl (C=O) groups excluding carboxylic acids is 1. The minimum Gasteiger partial charge on any atom is -0.350 e. The Hall–Kier alpha value is -1.43. The molecule has 6 heteroatoms. The molecule has 0 radical (unpaired) electrons. The van der Waals surface area contributed by atoms with Gasteiger partial charge in [-0.15, -0.1) is 23.7 Å². The molecule has 1 heterocycles. The average molecular weight is 329 g/mol. The fraction of sp³-hybridized carbons (Fsp3) is 0.267. The van der Waals surface area contributed by atoms with E-state index in [-0.39, 0.29) is 24.1 Å². The second kappa shape index (κ2) is 8.12. The molecule has 2 aromatic rings. The van der Waals surface area contributed by atoms with Crippen LogP contribution >= 0.6 is 23.7 Å². The maximum Gasteiger partial charge on any atom is 0.261 e. The van der Waals surface area contributed by atoms with Gasteiger partial charge >= 0.3 is 0 Å². The highest BCUT2D eigenvalue weighted by atomic mass is 35.5. The van der Waals surface area contributed by atoms with E-state index in [1.165, 1.54) is 23.5 Å². The molecule has 0 aliphatic rings. The van der Waals surface area contributed by atoms with Crippen LogP contribution in [0.4, 0.5) is 4.39 Å². The van der Waals surface area contributed by atoms with Crippen LogP contribution in [0.1, 0.15) is 15.2 Å². The second-order valence-electron chi connectivity index (χ2n) is 4.49. The molecule has 2 rings (SSSR count). The molecule has 0 atom stereocenters. The number of carbonyl (C=O) groups is 1.